The molecule has 94 valence electrons. The van der Waals surface area contributed by atoms with Gasteiger partial charge in [0.1, 0.15) is 0 Å². The lowest BCUT2D eigenvalue weighted by molar-refractivity contribution is -0.114. The molecule has 3 heteroatoms. The normalized spacial score (nSPS) is 11.1. The predicted molar refractivity (Wildman–Crippen MR) is 76.6 cm³/mol. The molecule has 1 aromatic rings. The molecule has 0 saturated carbocycles. The van der Waals surface area contributed by atoms with Gasteiger partial charge >= 0.3 is 0 Å². The maximum Gasteiger partial charge on any atom is 0.221 e. The van der Waals surface area contributed by atoms with Crippen LogP contribution in [0.15, 0.2) is 16.6 Å². The van der Waals surface area contributed by atoms with Gasteiger partial charge in [-0.25, -0.2) is 0 Å². The number of amides is 1. The van der Waals surface area contributed by atoms with Crippen LogP contribution in [-0.4, -0.2) is 5.91 Å². The lowest BCUT2D eigenvalue weighted by Crippen LogP contribution is -2.12. The van der Waals surface area contributed by atoms with E-state index in [2.05, 4.69) is 61.1 Å². The van der Waals surface area contributed by atoms with Crippen molar-refractivity contribution in [3.05, 3.63) is 27.7 Å². The Balaban J connectivity index is 3.41. The van der Waals surface area contributed by atoms with E-state index in [0.29, 0.717) is 11.8 Å². The molecule has 17 heavy (non-hydrogen) atoms. The molecule has 1 rings (SSSR count). The standard InChI is InChI=1S/C14H20BrNO/c1-8(2)12-6-11(15)7-13(9(3)4)14(12)16-10(5)17/h6-9H,1-5H3,(H,16,17). The van der Waals surface area contributed by atoms with Crippen LogP contribution in [0.5, 0.6) is 0 Å². The second kappa shape index (κ2) is 5.67. The van der Waals surface area contributed by atoms with Gasteiger partial charge in [-0.05, 0) is 35.1 Å². The van der Waals surface area contributed by atoms with Gasteiger partial charge < -0.3 is 5.32 Å². The van der Waals surface area contributed by atoms with Crippen molar-refractivity contribution in [2.75, 3.05) is 5.32 Å². The number of rotatable bonds is 3. The summed E-state index contributed by atoms with van der Waals surface area (Å²) in [4.78, 5) is 11.3. The summed E-state index contributed by atoms with van der Waals surface area (Å²) in [5.74, 6) is 0.745. The molecule has 0 spiro atoms. The van der Waals surface area contributed by atoms with Crippen LogP contribution in [0.3, 0.4) is 0 Å². The highest BCUT2D eigenvalue weighted by atomic mass is 79.9. The summed E-state index contributed by atoms with van der Waals surface area (Å²) >= 11 is 3.54. The Hall–Kier alpha value is -0.830. The number of benzene rings is 1. The van der Waals surface area contributed by atoms with Crippen molar-refractivity contribution in [3.8, 4) is 0 Å². The first-order chi connectivity index (χ1) is 7.82. The molecule has 1 amide bonds. The zero-order chi connectivity index (χ0) is 13.2. The molecule has 0 bridgehead atoms. The van der Waals surface area contributed by atoms with Crippen LogP contribution in [0.2, 0.25) is 0 Å². The quantitative estimate of drug-likeness (QED) is 0.864. The molecule has 0 aliphatic rings. The van der Waals surface area contributed by atoms with Crippen LogP contribution >= 0.6 is 15.9 Å². The molecule has 2 nitrogen and oxygen atoms in total. The molecule has 1 aromatic carbocycles. The van der Waals surface area contributed by atoms with Crippen LogP contribution < -0.4 is 5.32 Å². The summed E-state index contributed by atoms with van der Waals surface area (Å²) in [6.07, 6.45) is 0. The Kier molecular flexibility index (Phi) is 4.75. The topological polar surface area (TPSA) is 29.1 Å². The zero-order valence-electron chi connectivity index (χ0n) is 11.1. The average Bonchev–Trinajstić information content (AvgIpc) is 2.18. The maximum absolute atomic E-state index is 11.3. The first kappa shape index (κ1) is 14.2. The number of hydrogen-bond donors (Lipinski definition) is 1. The molecule has 1 N–H and O–H groups in total. The summed E-state index contributed by atoms with van der Waals surface area (Å²) < 4.78 is 1.07. The summed E-state index contributed by atoms with van der Waals surface area (Å²) in [7, 11) is 0. The molecule has 0 heterocycles. The second-order valence-electron chi connectivity index (χ2n) is 4.95. The van der Waals surface area contributed by atoms with Crippen molar-refractivity contribution in [2.24, 2.45) is 0 Å². The van der Waals surface area contributed by atoms with Gasteiger partial charge in [-0.1, -0.05) is 43.6 Å². The molecule has 0 unspecified atom stereocenters. The van der Waals surface area contributed by atoms with Gasteiger partial charge in [0.15, 0.2) is 0 Å². The minimum absolute atomic E-state index is 0.0175. The third kappa shape index (κ3) is 3.56. The van der Waals surface area contributed by atoms with Crippen molar-refractivity contribution in [3.63, 3.8) is 0 Å². The van der Waals surface area contributed by atoms with E-state index in [-0.39, 0.29) is 5.91 Å². The lowest BCUT2D eigenvalue weighted by Gasteiger charge is -2.20. The van der Waals surface area contributed by atoms with E-state index in [1.165, 1.54) is 11.1 Å². The predicted octanol–water partition coefficient (Wildman–Crippen LogP) is 4.65. The molecule has 0 aromatic heterocycles. The molecule has 0 saturated heterocycles. The lowest BCUT2D eigenvalue weighted by atomic mass is 9.92. The fourth-order valence-corrected chi connectivity index (χ4v) is 2.37. The van der Waals surface area contributed by atoms with Gasteiger partial charge in [0, 0.05) is 17.1 Å². The maximum atomic E-state index is 11.3. The summed E-state index contributed by atoms with van der Waals surface area (Å²) in [5, 5.41) is 2.97. The first-order valence-corrected chi connectivity index (χ1v) is 6.73. The van der Waals surface area contributed by atoms with Crippen molar-refractivity contribution in [1.82, 2.24) is 0 Å². The molecule has 0 radical (unpaired) electrons. The molecule has 0 aliphatic heterocycles. The molecular formula is C14H20BrNO. The van der Waals surface area contributed by atoms with Crippen LogP contribution in [0.25, 0.3) is 0 Å². The van der Waals surface area contributed by atoms with E-state index < -0.39 is 0 Å². The molecule has 0 atom stereocenters. The molecular weight excluding hydrogens is 278 g/mol. The van der Waals surface area contributed by atoms with Crippen molar-refractivity contribution in [1.29, 1.82) is 0 Å². The Morgan fingerprint density at radius 1 is 1.12 bits per heavy atom. The Morgan fingerprint density at radius 3 is 1.82 bits per heavy atom. The Morgan fingerprint density at radius 2 is 1.53 bits per heavy atom. The van der Waals surface area contributed by atoms with Crippen LogP contribution in [0, 0.1) is 0 Å². The van der Waals surface area contributed by atoms with Crippen LogP contribution in [-0.2, 0) is 4.79 Å². The summed E-state index contributed by atoms with van der Waals surface area (Å²) in [6, 6.07) is 4.17. The van der Waals surface area contributed by atoms with Crippen molar-refractivity contribution < 1.29 is 4.79 Å². The minimum Gasteiger partial charge on any atom is -0.326 e. The summed E-state index contributed by atoms with van der Waals surface area (Å²) in [5.41, 5.74) is 3.34. The largest absolute Gasteiger partial charge is 0.326 e. The van der Waals surface area contributed by atoms with Gasteiger partial charge in [-0.15, -0.1) is 0 Å². The minimum atomic E-state index is -0.0175. The average molecular weight is 298 g/mol. The van der Waals surface area contributed by atoms with Gasteiger partial charge in [0.2, 0.25) is 5.91 Å². The third-order valence-electron chi connectivity index (χ3n) is 2.71. The van der Waals surface area contributed by atoms with Crippen molar-refractivity contribution >= 4 is 27.5 Å². The smallest absolute Gasteiger partial charge is 0.221 e. The highest BCUT2D eigenvalue weighted by Crippen LogP contribution is 2.35. The van der Waals surface area contributed by atoms with E-state index in [9.17, 15) is 4.79 Å². The van der Waals surface area contributed by atoms with Crippen LogP contribution in [0.1, 0.15) is 57.6 Å². The number of carbonyl (C=O) groups is 1. The number of nitrogens with one attached hydrogen (secondary N) is 1. The molecule has 0 aliphatic carbocycles. The van der Waals surface area contributed by atoms with Gasteiger partial charge in [-0.3, -0.25) is 4.79 Å². The van der Waals surface area contributed by atoms with Gasteiger partial charge in [0.25, 0.3) is 0 Å². The Bertz CT molecular complexity index is 395. The van der Waals surface area contributed by atoms with E-state index in [0.717, 1.165) is 10.2 Å². The summed E-state index contributed by atoms with van der Waals surface area (Å²) in [6.45, 7) is 10.1. The Labute approximate surface area is 112 Å². The van der Waals surface area contributed by atoms with Crippen molar-refractivity contribution in [2.45, 2.75) is 46.5 Å². The number of hydrogen-bond acceptors (Lipinski definition) is 1. The fraction of sp³-hybridized carbons (Fsp3) is 0.500. The van der Waals surface area contributed by atoms with E-state index in [4.69, 9.17) is 0 Å². The van der Waals surface area contributed by atoms with E-state index in [1.807, 2.05) is 0 Å². The second-order valence-corrected chi connectivity index (χ2v) is 5.87. The highest BCUT2D eigenvalue weighted by Gasteiger charge is 2.16. The monoisotopic (exact) mass is 297 g/mol. The van der Waals surface area contributed by atoms with E-state index >= 15 is 0 Å². The van der Waals surface area contributed by atoms with Gasteiger partial charge in [-0.2, -0.15) is 0 Å². The van der Waals surface area contributed by atoms with E-state index in [1.54, 1.807) is 6.92 Å². The number of anilines is 1. The van der Waals surface area contributed by atoms with Gasteiger partial charge in [0.05, 0.1) is 0 Å². The highest BCUT2D eigenvalue weighted by molar-refractivity contribution is 9.10. The molecule has 0 fully saturated rings. The third-order valence-corrected chi connectivity index (χ3v) is 3.17. The zero-order valence-corrected chi connectivity index (χ0v) is 12.7. The van der Waals surface area contributed by atoms with Crippen LogP contribution in [0.4, 0.5) is 5.69 Å². The fourth-order valence-electron chi connectivity index (χ4n) is 1.88. The SMILES string of the molecule is CC(=O)Nc1c(C(C)C)cc(Br)cc1C(C)C. The number of carbonyl (C=O) groups excluding carboxylic acids is 1. The first-order valence-electron chi connectivity index (χ1n) is 5.93. The number of halogens is 1.